The van der Waals surface area contributed by atoms with Gasteiger partial charge in [-0.15, -0.1) is 0 Å². The van der Waals surface area contributed by atoms with Crippen molar-refractivity contribution < 1.29 is 14.3 Å². The normalized spacial score (nSPS) is 10.6. The summed E-state index contributed by atoms with van der Waals surface area (Å²) in [6, 6.07) is 18.3. The summed E-state index contributed by atoms with van der Waals surface area (Å²) in [7, 11) is 0. The monoisotopic (exact) mass is 379 g/mol. The van der Waals surface area contributed by atoms with Crippen molar-refractivity contribution in [1.82, 2.24) is 10.4 Å². The summed E-state index contributed by atoms with van der Waals surface area (Å²) in [6.07, 6.45) is 3.00. The van der Waals surface area contributed by atoms with E-state index in [1.54, 1.807) is 66.7 Å². The van der Waals surface area contributed by atoms with Gasteiger partial charge in [-0.2, -0.15) is 5.10 Å². The number of nitrogens with one attached hydrogen (secondary N) is 1. The van der Waals surface area contributed by atoms with Gasteiger partial charge >= 0.3 is 5.97 Å². The molecule has 2 aromatic carbocycles. The molecule has 0 atom stereocenters. The molecular formula is C20H14ClN3O3. The molecule has 0 unspecified atom stereocenters. The van der Waals surface area contributed by atoms with Crippen LogP contribution in [0.4, 0.5) is 0 Å². The Morgan fingerprint density at radius 2 is 1.74 bits per heavy atom. The second-order valence-corrected chi connectivity index (χ2v) is 5.76. The van der Waals surface area contributed by atoms with Crippen LogP contribution in [0.1, 0.15) is 26.4 Å². The number of carbonyl (C=O) groups excluding carboxylic acids is 2. The van der Waals surface area contributed by atoms with E-state index in [1.807, 2.05) is 0 Å². The molecule has 1 aromatic heterocycles. The van der Waals surface area contributed by atoms with Crippen molar-refractivity contribution in [3.63, 3.8) is 0 Å². The van der Waals surface area contributed by atoms with Crippen LogP contribution in [0.25, 0.3) is 0 Å². The van der Waals surface area contributed by atoms with Gasteiger partial charge in [0.1, 0.15) is 11.4 Å². The van der Waals surface area contributed by atoms with E-state index in [0.717, 1.165) is 0 Å². The summed E-state index contributed by atoms with van der Waals surface area (Å²) < 4.78 is 5.29. The van der Waals surface area contributed by atoms with Gasteiger partial charge in [0.15, 0.2) is 0 Å². The van der Waals surface area contributed by atoms with Crippen molar-refractivity contribution in [1.29, 1.82) is 0 Å². The van der Waals surface area contributed by atoms with Crippen LogP contribution in [0, 0.1) is 0 Å². The Morgan fingerprint density at radius 1 is 1.00 bits per heavy atom. The largest absolute Gasteiger partial charge is 0.423 e. The Kier molecular flexibility index (Phi) is 5.91. The number of hydrogen-bond acceptors (Lipinski definition) is 5. The minimum atomic E-state index is -0.537. The van der Waals surface area contributed by atoms with Crippen LogP contribution in [0.3, 0.4) is 0 Å². The molecule has 7 heteroatoms. The van der Waals surface area contributed by atoms with E-state index < -0.39 is 11.9 Å². The number of benzene rings is 2. The lowest BCUT2D eigenvalue weighted by Crippen LogP contribution is -2.18. The second kappa shape index (κ2) is 8.73. The molecule has 0 radical (unpaired) electrons. The van der Waals surface area contributed by atoms with Crippen LogP contribution in [-0.4, -0.2) is 23.1 Å². The van der Waals surface area contributed by atoms with E-state index in [0.29, 0.717) is 21.9 Å². The standard InChI is InChI=1S/C20H14ClN3O3/c21-17-6-2-1-5-16(17)20(26)27-15-10-8-14(9-11-15)13-23-24-19(25)18-7-3-4-12-22-18/h1-13H,(H,24,25)/b23-13+. The fourth-order valence-corrected chi connectivity index (χ4v) is 2.34. The smallest absolute Gasteiger partial charge is 0.345 e. The van der Waals surface area contributed by atoms with Gasteiger partial charge in [0.2, 0.25) is 0 Å². The summed E-state index contributed by atoms with van der Waals surface area (Å²) in [5.74, 6) is -0.573. The van der Waals surface area contributed by atoms with E-state index in [1.165, 1.54) is 12.4 Å². The van der Waals surface area contributed by atoms with Gasteiger partial charge in [-0.25, -0.2) is 10.2 Å². The van der Waals surface area contributed by atoms with E-state index >= 15 is 0 Å². The number of nitrogens with zero attached hydrogens (tertiary/aromatic N) is 2. The lowest BCUT2D eigenvalue weighted by Gasteiger charge is -2.05. The maximum absolute atomic E-state index is 12.1. The minimum Gasteiger partial charge on any atom is -0.423 e. The third-order valence-corrected chi connectivity index (χ3v) is 3.79. The van der Waals surface area contributed by atoms with Crippen LogP contribution in [-0.2, 0) is 0 Å². The first-order valence-electron chi connectivity index (χ1n) is 7.95. The Morgan fingerprint density at radius 3 is 2.44 bits per heavy atom. The highest BCUT2D eigenvalue weighted by Crippen LogP contribution is 2.18. The zero-order valence-corrected chi connectivity index (χ0v) is 14.8. The van der Waals surface area contributed by atoms with Gasteiger partial charge in [0.25, 0.3) is 5.91 Å². The topological polar surface area (TPSA) is 80.6 Å². The van der Waals surface area contributed by atoms with Crippen LogP contribution in [0.15, 0.2) is 78.0 Å². The number of rotatable bonds is 5. The molecule has 3 aromatic rings. The Labute approximate surface area is 160 Å². The Bertz CT molecular complexity index is 973. The number of ether oxygens (including phenoxy) is 1. The minimum absolute atomic E-state index is 0.275. The lowest BCUT2D eigenvalue weighted by atomic mass is 10.2. The van der Waals surface area contributed by atoms with Crippen molar-refractivity contribution in [2.45, 2.75) is 0 Å². The molecule has 0 aliphatic rings. The molecular weight excluding hydrogens is 366 g/mol. The molecule has 3 rings (SSSR count). The lowest BCUT2D eigenvalue weighted by molar-refractivity contribution is 0.0734. The number of hydrazone groups is 1. The average molecular weight is 380 g/mol. The highest BCUT2D eigenvalue weighted by molar-refractivity contribution is 6.33. The molecule has 0 saturated heterocycles. The molecule has 0 bridgehead atoms. The molecule has 0 aliphatic carbocycles. The molecule has 27 heavy (non-hydrogen) atoms. The predicted molar refractivity (Wildman–Crippen MR) is 102 cm³/mol. The van der Waals surface area contributed by atoms with Crippen molar-refractivity contribution in [3.8, 4) is 5.75 Å². The molecule has 1 amide bonds. The first-order valence-corrected chi connectivity index (χ1v) is 8.32. The van der Waals surface area contributed by atoms with Gasteiger partial charge in [-0.1, -0.05) is 29.8 Å². The molecule has 134 valence electrons. The van der Waals surface area contributed by atoms with Gasteiger partial charge in [-0.3, -0.25) is 9.78 Å². The maximum Gasteiger partial charge on any atom is 0.345 e. The summed E-state index contributed by atoms with van der Waals surface area (Å²) in [6.45, 7) is 0. The SMILES string of the molecule is O=C(N/N=C/c1ccc(OC(=O)c2ccccc2Cl)cc1)c1ccccn1. The van der Waals surface area contributed by atoms with Crippen LogP contribution >= 0.6 is 11.6 Å². The molecule has 0 aliphatic heterocycles. The first-order chi connectivity index (χ1) is 13.1. The van der Waals surface area contributed by atoms with Gasteiger partial charge in [-0.05, 0) is 54.1 Å². The summed E-state index contributed by atoms with van der Waals surface area (Å²) in [5.41, 5.74) is 3.67. The maximum atomic E-state index is 12.1. The number of aromatic nitrogens is 1. The number of hydrogen-bond donors (Lipinski definition) is 1. The summed E-state index contributed by atoms with van der Waals surface area (Å²) >= 11 is 5.98. The van der Waals surface area contributed by atoms with Gasteiger partial charge < -0.3 is 4.74 Å². The average Bonchev–Trinajstić information content (AvgIpc) is 2.70. The highest BCUT2D eigenvalue weighted by atomic mass is 35.5. The fourth-order valence-electron chi connectivity index (χ4n) is 2.13. The molecule has 1 N–H and O–H groups in total. The first kappa shape index (κ1) is 18.3. The number of pyridine rings is 1. The van der Waals surface area contributed by atoms with E-state index in [2.05, 4.69) is 15.5 Å². The van der Waals surface area contributed by atoms with Gasteiger partial charge in [0.05, 0.1) is 16.8 Å². The highest BCUT2D eigenvalue weighted by Gasteiger charge is 2.11. The quantitative estimate of drug-likeness (QED) is 0.317. The summed E-state index contributed by atoms with van der Waals surface area (Å²) in [5, 5.41) is 4.21. The third-order valence-electron chi connectivity index (χ3n) is 3.46. The van der Waals surface area contributed by atoms with Crippen molar-refractivity contribution >= 4 is 29.7 Å². The van der Waals surface area contributed by atoms with Crippen molar-refractivity contribution in [3.05, 3.63) is 94.8 Å². The number of amides is 1. The number of carbonyl (C=O) groups is 2. The van der Waals surface area contributed by atoms with Crippen molar-refractivity contribution in [2.24, 2.45) is 5.10 Å². The van der Waals surface area contributed by atoms with E-state index in [-0.39, 0.29) is 5.69 Å². The fraction of sp³-hybridized carbons (Fsp3) is 0. The molecule has 0 saturated carbocycles. The van der Waals surface area contributed by atoms with E-state index in [9.17, 15) is 9.59 Å². The molecule has 0 spiro atoms. The number of halogens is 1. The zero-order valence-electron chi connectivity index (χ0n) is 14.0. The van der Waals surface area contributed by atoms with Crippen LogP contribution in [0.5, 0.6) is 5.75 Å². The molecule has 0 fully saturated rings. The van der Waals surface area contributed by atoms with Crippen LogP contribution < -0.4 is 10.2 Å². The Hall–Kier alpha value is -3.51. The van der Waals surface area contributed by atoms with Gasteiger partial charge in [0, 0.05) is 6.20 Å². The van der Waals surface area contributed by atoms with Crippen molar-refractivity contribution in [2.75, 3.05) is 0 Å². The molecule has 6 nitrogen and oxygen atoms in total. The Balaban J connectivity index is 1.58. The third kappa shape index (κ3) is 4.99. The molecule has 1 heterocycles. The second-order valence-electron chi connectivity index (χ2n) is 5.35. The number of esters is 1. The zero-order chi connectivity index (χ0) is 19.1. The predicted octanol–water partition coefficient (Wildman–Crippen LogP) is 3.72. The van der Waals surface area contributed by atoms with E-state index in [4.69, 9.17) is 16.3 Å². The summed E-state index contributed by atoms with van der Waals surface area (Å²) in [4.78, 5) is 27.9. The van der Waals surface area contributed by atoms with Crippen LogP contribution in [0.2, 0.25) is 5.02 Å².